The van der Waals surface area contributed by atoms with Crippen molar-refractivity contribution in [2.24, 2.45) is 0 Å². The summed E-state index contributed by atoms with van der Waals surface area (Å²) >= 11 is 0.823. The number of ether oxygens (including phenoxy) is 1. The largest absolute Gasteiger partial charge is 0.457 e. The molecular weight excluding hydrogens is 342 g/mol. The minimum absolute atomic E-state index is 0.122. The van der Waals surface area contributed by atoms with E-state index in [-0.39, 0.29) is 16.0 Å². The molecule has 1 aliphatic rings. The van der Waals surface area contributed by atoms with Crippen LogP contribution in [0.5, 0.6) is 11.5 Å². The van der Waals surface area contributed by atoms with Crippen molar-refractivity contribution in [1.82, 2.24) is 4.98 Å². The minimum atomic E-state index is -0.580. The number of nitro groups is 1. The second kappa shape index (κ2) is 5.99. The lowest BCUT2D eigenvalue weighted by Gasteiger charge is -2.27. The molecule has 2 aromatic carbocycles. The van der Waals surface area contributed by atoms with Crippen LogP contribution < -0.4 is 10.1 Å². The molecular formula is C17H11N3O4S. The van der Waals surface area contributed by atoms with Gasteiger partial charge in [-0.25, -0.2) is 4.98 Å². The Morgan fingerprint density at radius 3 is 2.28 bits per heavy atom. The number of hydrogen-bond acceptors (Lipinski definition) is 6. The zero-order valence-electron chi connectivity index (χ0n) is 12.7. The third-order valence-electron chi connectivity index (χ3n) is 3.85. The first kappa shape index (κ1) is 15.3. The van der Waals surface area contributed by atoms with Crippen molar-refractivity contribution in [3.8, 4) is 11.5 Å². The zero-order chi connectivity index (χ0) is 17.4. The van der Waals surface area contributed by atoms with E-state index in [2.05, 4.69) is 10.3 Å². The van der Waals surface area contributed by atoms with Gasteiger partial charge in [0.15, 0.2) is 5.13 Å². The number of thiazole rings is 1. The monoisotopic (exact) mass is 353 g/mol. The zero-order valence-corrected chi connectivity index (χ0v) is 13.5. The maximum absolute atomic E-state index is 12.9. The number of amides is 1. The SMILES string of the molecule is O=C(Nc1ncc([N+](=O)[O-])s1)C1c2ccccc2Oc2ccccc21. The molecule has 124 valence electrons. The highest BCUT2D eigenvalue weighted by Gasteiger charge is 2.33. The summed E-state index contributed by atoms with van der Waals surface area (Å²) in [5.41, 5.74) is 1.48. The summed E-state index contributed by atoms with van der Waals surface area (Å²) in [5.74, 6) is 0.342. The molecule has 1 aliphatic heterocycles. The molecule has 1 N–H and O–H groups in total. The Hall–Kier alpha value is -3.26. The standard InChI is InChI=1S/C17H11N3O4S/c21-16(19-17-18-9-14(25-17)20(22)23)15-10-5-1-3-7-12(10)24-13-8-4-2-6-11(13)15/h1-9,15H,(H,18,19,21). The fourth-order valence-electron chi connectivity index (χ4n) is 2.78. The lowest BCUT2D eigenvalue weighted by Crippen LogP contribution is -2.24. The molecule has 4 rings (SSSR count). The maximum atomic E-state index is 12.9. The molecule has 0 fully saturated rings. The average molecular weight is 353 g/mol. The van der Waals surface area contributed by atoms with Gasteiger partial charge in [0.1, 0.15) is 17.7 Å². The molecule has 1 aromatic heterocycles. The second-order valence-corrected chi connectivity index (χ2v) is 6.37. The van der Waals surface area contributed by atoms with E-state index in [1.807, 2.05) is 36.4 Å². The fraction of sp³-hybridized carbons (Fsp3) is 0.0588. The van der Waals surface area contributed by atoms with Crippen LogP contribution >= 0.6 is 11.3 Å². The lowest BCUT2D eigenvalue weighted by atomic mass is 9.87. The molecule has 25 heavy (non-hydrogen) atoms. The summed E-state index contributed by atoms with van der Waals surface area (Å²) in [6.07, 6.45) is 1.13. The van der Waals surface area contributed by atoms with Gasteiger partial charge in [-0.3, -0.25) is 14.9 Å². The van der Waals surface area contributed by atoms with Crippen molar-refractivity contribution < 1.29 is 14.5 Å². The topological polar surface area (TPSA) is 94.4 Å². The molecule has 8 heteroatoms. The summed E-state index contributed by atoms with van der Waals surface area (Å²) < 4.78 is 5.86. The number of fused-ring (bicyclic) bond motifs is 2. The number of carbonyl (C=O) groups is 1. The van der Waals surface area contributed by atoms with E-state index in [1.165, 1.54) is 0 Å². The first-order valence-corrected chi connectivity index (χ1v) is 8.22. The number of carbonyl (C=O) groups excluding carboxylic acids is 1. The Kier molecular flexibility index (Phi) is 3.66. The number of hydrogen-bond donors (Lipinski definition) is 1. The van der Waals surface area contributed by atoms with Crippen LogP contribution in [-0.2, 0) is 4.79 Å². The van der Waals surface area contributed by atoms with Gasteiger partial charge in [0, 0.05) is 11.1 Å². The Bertz CT molecular complexity index is 940. The third kappa shape index (κ3) is 2.72. The number of aromatic nitrogens is 1. The predicted molar refractivity (Wildman–Crippen MR) is 92.2 cm³/mol. The van der Waals surface area contributed by atoms with Gasteiger partial charge in [-0.2, -0.15) is 0 Å². The van der Waals surface area contributed by atoms with E-state index in [0.717, 1.165) is 28.7 Å². The van der Waals surface area contributed by atoms with Gasteiger partial charge in [-0.1, -0.05) is 36.4 Å². The van der Waals surface area contributed by atoms with E-state index in [0.29, 0.717) is 11.5 Å². The van der Waals surface area contributed by atoms with Crippen molar-refractivity contribution in [2.45, 2.75) is 5.92 Å². The molecule has 0 aliphatic carbocycles. The molecule has 0 saturated heterocycles. The van der Waals surface area contributed by atoms with E-state index < -0.39 is 10.8 Å². The van der Waals surface area contributed by atoms with Crippen molar-refractivity contribution >= 4 is 27.4 Å². The maximum Gasteiger partial charge on any atom is 0.345 e. The van der Waals surface area contributed by atoms with Gasteiger partial charge < -0.3 is 10.1 Å². The molecule has 7 nitrogen and oxygen atoms in total. The van der Waals surface area contributed by atoms with Gasteiger partial charge in [0.05, 0.1) is 10.8 Å². The molecule has 0 atom stereocenters. The molecule has 0 saturated carbocycles. The van der Waals surface area contributed by atoms with Crippen LogP contribution in [0.25, 0.3) is 0 Å². The number of nitrogens with one attached hydrogen (secondary N) is 1. The number of para-hydroxylation sites is 2. The van der Waals surface area contributed by atoms with E-state index in [1.54, 1.807) is 12.1 Å². The van der Waals surface area contributed by atoms with Crippen molar-refractivity contribution in [2.75, 3.05) is 5.32 Å². The predicted octanol–water partition coefficient (Wildman–Crippen LogP) is 3.93. The first-order chi connectivity index (χ1) is 12.1. The summed E-state index contributed by atoms with van der Waals surface area (Å²) in [6, 6.07) is 14.6. The molecule has 0 spiro atoms. The fourth-order valence-corrected chi connectivity index (χ4v) is 3.41. The van der Waals surface area contributed by atoms with Gasteiger partial charge in [0.25, 0.3) is 0 Å². The molecule has 0 radical (unpaired) electrons. The van der Waals surface area contributed by atoms with Crippen LogP contribution in [0.2, 0.25) is 0 Å². The highest BCUT2D eigenvalue weighted by atomic mass is 32.1. The Morgan fingerprint density at radius 2 is 1.72 bits per heavy atom. The number of anilines is 1. The second-order valence-electron chi connectivity index (χ2n) is 5.36. The Labute approximate surface area is 146 Å². The summed E-state index contributed by atoms with van der Waals surface area (Å²) in [4.78, 5) is 27.0. The Morgan fingerprint density at radius 1 is 1.12 bits per heavy atom. The Balaban J connectivity index is 1.71. The van der Waals surface area contributed by atoms with Gasteiger partial charge in [-0.15, -0.1) is 0 Å². The highest BCUT2D eigenvalue weighted by Crippen LogP contribution is 2.44. The van der Waals surface area contributed by atoms with E-state index in [4.69, 9.17) is 4.74 Å². The molecule has 0 unspecified atom stereocenters. The summed E-state index contributed by atoms with van der Waals surface area (Å²) in [7, 11) is 0. The smallest absolute Gasteiger partial charge is 0.345 e. The van der Waals surface area contributed by atoms with Crippen LogP contribution in [0.4, 0.5) is 10.1 Å². The summed E-state index contributed by atoms with van der Waals surface area (Å²) in [5, 5.41) is 13.5. The molecule has 2 heterocycles. The molecule has 1 amide bonds. The van der Waals surface area contributed by atoms with Crippen LogP contribution in [-0.4, -0.2) is 15.8 Å². The van der Waals surface area contributed by atoms with Crippen molar-refractivity contribution in [3.05, 3.63) is 76.0 Å². The van der Waals surface area contributed by atoms with Crippen LogP contribution in [0.15, 0.2) is 54.7 Å². The van der Waals surface area contributed by atoms with Gasteiger partial charge >= 0.3 is 5.00 Å². The number of nitrogens with zero attached hydrogens (tertiary/aromatic N) is 2. The van der Waals surface area contributed by atoms with E-state index >= 15 is 0 Å². The van der Waals surface area contributed by atoms with Gasteiger partial charge in [-0.05, 0) is 23.5 Å². The normalized spacial score (nSPS) is 12.6. The quantitative estimate of drug-likeness (QED) is 0.569. The van der Waals surface area contributed by atoms with Crippen LogP contribution in [0, 0.1) is 10.1 Å². The van der Waals surface area contributed by atoms with Crippen molar-refractivity contribution in [3.63, 3.8) is 0 Å². The lowest BCUT2D eigenvalue weighted by molar-refractivity contribution is -0.380. The third-order valence-corrected chi connectivity index (χ3v) is 4.71. The first-order valence-electron chi connectivity index (χ1n) is 7.40. The number of rotatable bonds is 3. The number of benzene rings is 2. The highest BCUT2D eigenvalue weighted by molar-refractivity contribution is 7.18. The van der Waals surface area contributed by atoms with Gasteiger partial charge in [0.2, 0.25) is 5.91 Å². The minimum Gasteiger partial charge on any atom is -0.457 e. The average Bonchev–Trinajstić information content (AvgIpc) is 3.08. The molecule has 3 aromatic rings. The van der Waals surface area contributed by atoms with E-state index in [9.17, 15) is 14.9 Å². The van der Waals surface area contributed by atoms with Crippen LogP contribution in [0.3, 0.4) is 0 Å². The van der Waals surface area contributed by atoms with Crippen LogP contribution in [0.1, 0.15) is 17.0 Å². The molecule has 0 bridgehead atoms. The summed E-state index contributed by atoms with van der Waals surface area (Å²) in [6.45, 7) is 0. The van der Waals surface area contributed by atoms with Crippen molar-refractivity contribution in [1.29, 1.82) is 0 Å².